The number of ether oxygens (including phenoxy) is 4. The first-order valence-electron chi connectivity index (χ1n) is 10.4. The fourth-order valence-electron chi connectivity index (χ4n) is 3.78. The molecule has 0 atom stereocenters. The van der Waals surface area contributed by atoms with Gasteiger partial charge in [-0.25, -0.2) is 0 Å². The third-order valence-corrected chi connectivity index (χ3v) is 5.72. The zero-order valence-electron chi connectivity index (χ0n) is 18.2. The molecule has 1 fully saturated rings. The van der Waals surface area contributed by atoms with Crippen molar-refractivity contribution in [3.8, 4) is 28.4 Å². The lowest BCUT2D eigenvalue weighted by Gasteiger charge is -2.21. The van der Waals surface area contributed by atoms with Gasteiger partial charge in [0.2, 0.25) is 5.75 Å². The minimum atomic E-state index is -0.621. The lowest BCUT2D eigenvalue weighted by Crippen LogP contribution is -2.28. The van der Waals surface area contributed by atoms with Gasteiger partial charge in [0.25, 0.3) is 5.91 Å². The number of rotatable bonds is 8. The van der Waals surface area contributed by atoms with Crippen molar-refractivity contribution in [2.45, 2.75) is 39.3 Å². The molecule has 0 spiro atoms. The molecule has 0 bridgehead atoms. The van der Waals surface area contributed by atoms with Gasteiger partial charge in [0.1, 0.15) is 12.0 Å². The van der Waals surface area contributed by atoms with Crippen LogP contribution in [0, 0.1) is 5.41 Å². The first-order chi connectivity index (χ1) is 14.9. The number of hydrogen-bond acceptors (Lipinski definition) is 6. The summed E-state index contributed by atoms with van der Waals surface area (Å²) in [6.07, 6.45) is 1.29. The predicted molar refractivity (Wildman–Crippen MR) is 115 cm³/mol. The summed E-state index contributed by atoms with van der Waals surface area (Å²) in [4.78, 5) is 24.5. The minimum absolute atomic E-state index is 0.0651. The first-order valence-corrected chi connectivity index (χ1v) is 10.4. The molecule has 164 valence electrons. The Labute approximate surface area is 181 Å². The predicted octanol–water partition coefficient (Wildman–Crippen LogP) is 3.72. The zero-order chi connectivity index (χ0) is 22.2. The second kappa shape index (κ2) is 8.13. The van der Waals surface area contributed by atoms with Crippen LogP contribution in [0.15, 0.2) is 30.3 Å². The van der Waals surface area contributed by atoms with Gasteiger partial charge in [-0.05, 0) is 62.1 Å². The second-order valence-corrected chi connectivity index (χ2v) is 8.26. The number of carbonyl (C=O) groups excluding carboxylic acids is 2. The molecule has 1 aliphatic carbocycles. The molecule has 1 heterocycles. The fourth-order valence-corrected chi connectivity index (χ4v) is 3.78. The van der Waals surface area contributed by atoms with Crippen LogP contribution in [0.2, 0.25) is 0 Å². The summed E-state index contributed by atoms with van der Waals surface area (Å²) >= 11 is 0. The van der Waals surface area contributed by atoms with Crippen LogP contribution in [0.5, 0.6) is 17.2 Å². The summed E-state index contributed by atoms with van der Waals surface area (Å²) < 4.78 is 22.7. The first kappa shape index (κ1) is 21.0. The smallest absolute Gasteiger partial charge is 0.315 e. The molecule has 2 aromatic carbocycles. The minimum Gasteiger partial charge on any atom is -0.493 e. The van der Waals surface area contributed by atoms with E-state index in [4.69, 9.17) is 18.9 Å². The Balaban J connectivity index is 1.69. The van der Waals surface area contributed by atoms with Gasteiger partial charge in [0.05, 0.1) is 20.3 Å². The molecule has 0 saturated heterocycles. The Morgan fingerprint density at radius 2 is 1.81 bits per heavy atom. The van der Waals surface area contributed by atoms with E-state index in [1.165, 1.54) is 0 Å². The molecule has 1 saturated carbocycles. The van der Waals surface area contributed by atoms with Crippen LogP contribution < -0.4 is 19.5 Å². The van der Waals surface area contributed by atoms with Gasteiger partial charge in [-0.2, -0.15) is 0 Å². The summed E-state index contributed by atoms with van der Waals surface area (Å²) in [7, 11) is 3.12. The van der Waals surface area contributed by atoms with Crippen LogP contribution in [-0.2, 0) is 16.1 Å². The number of methoxy groups -OCH3 is 2. The number of esters is 1. The molecular weight excluding hydrogens is 398 g/mol. The number of fused-ring (bicyclic) bond motifs is 1. The SMILES string of the molecule is COc1ccc(-c2ccc3c(c2)CNC3=O)c(OCC2(C(=O)OC(C)C)CC2)c1OC. The van der Waals surface area contributed by atoms with Crippen LogP contribution in [-0.4, -0.2) is 38.8 Å². The summed E-state index contributed by atoms with van der Waals surface area (Å²) in [5.41, 5.74) is 2.68. The van der Waals surface area contributed by atoms with Crippen LogP contribution in [0.3, 0.4) is 0 Å². The number of nitrogens with one attached hydrogen (secondary N) is 1. The van der Waals surface area contributed by atoms with Gasteiger partial charge in [-0.3, -0.25) is 9.59 Å². The number of amides is 1. The van der Waals surface area contributed by atoms with Crippen LogP contribution in [0.25, 0.3) is 11.1 Å². The molecule has 0 aromatic heterocycles. The van der Waals surface area contributed by atoms with E-state index < -0.39 is 5.41 Å². The Morgan fingerprint density at radius 3 is 2.45 bits per heavy atom. The molecule has 1 aliphatic heterocycles. The molecule has 1 N–H and O–H groups in total. The van der Waals surface area contributed by atoms with E-state index in [0.29, 0.717) is 29.4 Å². The van der Waals surface area contributed by atoms with Crippen molar-refractivity contribution in [1.82, 2.24) is 5.32 Å². The van der Waals surface area contributed by atoms with E-state index >= 15 is 0 Å². The largest absolute Gasteiger partial charge is 0.493 e. The summed E-state index contributed by atoms with van der Waals surface area (Å²) in [5.74, 6) is 1.21. The lowest BCUT2D eigenvalue weighted by molar-refractivity contribution is -0.155. The Kier molecular flexibility index (Phi) is 5.52. The molecule has 0 unspecified atom stereocenters. The highest BCUT2D eigenvalue weighted by Crippen LogP contribution is 2.50. The van der Waals surface area contributed by atoms with Gasteiger partial charge in [0.15, 0.2) is 11.5 Å². The van der Waals surface area contributed by atoms with E-state index in [2.05, 4.69) is 5.32 Å². The molecule has 7 nitrogen and oxygen atoms in total. The van der Waals surface area contributed by atoms with Crippen molar-refractivity contribution in [1.29, 1.82) is 0 Å². The van der Waals surface area contributed by atoms with Crippen molar-refractivity contribution in [2.24, 2.45) is 5.41 Å². The van der Waals surface area contributed by atoms with Crippen LogP contribution in [0.1, 0.15) is 42.6 Å². The van der Waals surface area contributed by atoms with Crippen molar-refractivity contribution in [3.63, 3.8) is 0 Å². The van der Waals surface area contributed by atoms with E-state index in [-0.39, 0.29) is 24.6 Å². The second-order valence-electron chi connectivity index (χ2n) is 8.26. The quantitative estimate of drug-likeness (QED) is 0.649. The number of benzene rings is 2. The van der Waals surface area contributed by atoms with Gasteiger partial charge >= 0.3 is 5.97 Å². The molecule has 4 rings (SSSR count). The topological polar surface area (TPSA) is 83.1 Å². The van der Waals surface area contributed by atoms with E-state index in [0.717, 1.165) is 29.5 Å². The van der Waals surface area contributed by atoms with Crippen LogP contribution >= 0.6 is 0 Å². The highest BCUT2D eigenvalue weighted by atomic mass is 16.6. The molecule has 2 aromatic rings. The maximum Gasteiger partial charge on any atom is 0.315 e. The average Bonchev–Trinajstić information content (AvgIpc) is 3.47. The highest BCUT2D eigenvalue weighted by molar-refractivity contribution is 5.99. The van der Waals surface area contributed by atoms with Crippen molar-refractivity contribution >= 4 is 11.9 Å². The number of carbonyl (C=O) groups is 2. The molecule has 0 radical (unpaired) electrons. The molecular formula is C24H27NO6. The monoisotopic (exact) mass is 425 g/mol. The summed E-state index contributed by atoms with van der Waals surface area (Å²) in [6, 6.07) is 9.39. The zero-order valence-corrected chi connectivity index (χ0v) is 18.2. The van der Waals surface area contributed by atoms with Gasteiger partial charge < -0.3 is 24.3 Å². The molecule has 7 heteroatoms. The standard InChI is InChI=1S/C24H27NO6/c1-14(2)31-23(27)24(9-10-24)13-30-20-17(7-8-19(28-3)21(20)29-4)15-5-6-18-16(11-15)12-25-22(18)26/h5-8,11,14H,9-10,12-13H2,1-4H3,(H,25,26). The Hall–Kier alpha value is -3.22. The fraction of sp³-hybridized carbons (Fsp3) is 0.417. The molecule has 31 heavy (non-hydrogen) atoms. The maximum absolute atomic E-state index is 12.6. The van der Waals surface area contributed by atoms with E-state index in [1.54, 1.807) is 14.2 Å². The normalized spacial score (nSPS) is 15.8. The van der Waals surface area contributed by atoms with E-state index in [9.17, 15) is 9.59 Å². The van der Waals surface area contributed by atoms with Crippen molar-refractivity contribution in [2.75, 3.05) is 20.8 Å². The lowest BCUT2D eigenvalue weighted by atomic mass is 9.99. The van der Waals surface area contributed by atoms with Crippen LogP contribution in [0.4, 0.5) is 0 Å². The Morgan fingerprint density at radius 1 is 1.06 bits per heavy atom. The summed E-state index contributed by atoms with van der Waals surface area (Å²) in [6.45, 7) is 4.37. The number of hydrogen-bond donors (Lipinski definition) is 1. The van der Waals surface area contributed by atoms with Gasteiger partial charge in [0, 0.05) is 17.7 Å². The van der Waals surface area contributed by atoms with Crippen molar-refractivity contribution in [3.05, 3.63) is 41.5 Å². The maximum atomic E-state index is 12.6. The highest BCUT2D eigenvalue weighted by Gasteiger charge is 2.52. The van der Waals surface area contributed by atoms with Gasteiger partial charge in [-0.1, -0.05) is 6.07 Å². The van der Waals surface area contributed by atoms with E-state index in [1.807, 2.05) is 44.2 Å². The Bertz CT molecular complexity index is 1020. The molecule has 2 aliphatic rings. The molecule has 1 amide bonds. The third kappa shape index (κ3) is 3.92. The summed E-state index contributed by atoms with van der Waals surface area (Å²) in [5, 5.41) is 2.83. The third-order valence-electron chi connectivity index (χ3n) is 5.72. The van der Waals surface area contributed by atoms with Gasteiger partial charge in [-0.15, -0.1) is 0 Å². The van der Waals surface area contributed by atoms with Crippen molar-refractivity contribution < 1.29 is 28.5 Å². The average molecular weight is 425 g/mol.